The fourth-order valence-electron chi connectivity index (χ4n) is 2.81. The highest BCUT2D eigenvalue weighted by molar-refractivity contribution is 5.76. The SMILES string of the molecule is CC(=O)O[C@@H]1c2ccccc2-c2ccccc2[C@@H]1N=[N+]=[N-]. The Kier molecular flexibility index (Phi) is 3.34. The number of azide groups is 1. The van der Waals surface area contributed by atoms with E-state index in [0.717, 1.165) is 22.3 Å². The van der Waals surface area contributed by atoms with Crippen LogP contribution in [0.4, 0.5) is 0 Å². The number of fused-ring (bicyclic) bond motifs is 3. The van der Waals surface area contributed by atoms with Crippen LogP contribution < -0.4 is 0 Å². The summed E-state index contributed by atoms with van der Waals surface area (Å²) in [6, 6.07) is 14.9. The molecule has 0 unspecified atom stereocenters. The maximum atomic E-state index is 11.4. The highest BCUT2D eigenvalue weighted by atomic mass is 16.5. The molecule has 0 heterocycles. The zero-order valence-electron chi connectivity index (χ0n) is 11.4. The van der Waals surface area contributed by atoms with Gasteiger partial charge in [-0.25, -0.2) is 0 Å². The summed E-state index contributed by atoms with van der Waals surface area (Å²) in [5, 5.41) is 3.86. The molecule has 0 saturated heterocycles. The van der Waals surface area contributed by atoms with Crippen LogP contribution in [-0.4, -0.2) is 5.97 Å². The van der Waals surface area contributed by atoms with Crippen molar-refractivity contribution in [1.82, 2.24) is 0 Å². The van der Waals surface area contributed by atoms with Crippen molar-refractivity contribution < 1.29 is 9.53 Å². The molecule has 0 aromatic heterocycles. The lowest BCUT2D eigenvalue weighted by Gasteiger charge is -2.32. The van der Waals surface area contributed by atoms with Crippen LogP contribution >= 0.6 is 0 Å². The van der Waals surface area contributed by atoms with E-state index in [2.05, 4.69) is 10.0 Å². The summed E-state index contributed by atoms with van der Waals surface area (Å²) in [4.78, 5) is 14.3. The summed E-state index contributed by atoms with van der Waals surface area (Å²) in [7, 11) is 0. The summed E-state index contributed by atoms with van der Waals surface area (Å²) < 4.78 is 5.44. The van der Waals surface area contributed by atoms with Gasteiger partial charge in [-0.2, -0.15) is 0 Å². The number of carbonyl (C=O) groups excluding carboxylic acids is 1. The van der Waals surface area contributed by atoms with Gasteiger partial charge < -0.3 is 4.74 Å². The molecule has 104 valence electrons. The molecule has 0 radical (unpaired) electrons. The number of ether oxygens (including phenoxy) is 1. The molecule has 2 aromatic carbocycles. The molecule has 0 N–H and O–H groups in total. The van der Waals surface area contributed by atoms with Gasteiger partial charge in [0.1, 0.15) is 12.1 Å². The Morgan fingerprint density at radius 1 is 1.10 bits per heavy atom. The zero-order chi connectivity index (χ0) is 14.8. The van der Waals surface area contributed by atoms with E-state index in [-0.39, 0.29) is 0 Å². The van der Waals surface area contributed by atoms with E-state index < -0.39 is 18.1 Å². The van der Waals surface area contributed by atoms with Crippen LogP contribution in [-0.2, 0) is 9.53 Å². The fraction of sp³-hybridized carbons (Fsp3) is 0.188. The van der Waals surface area contributed by atoms with Crippen LogP contribution in [0.15, 0.2) is 53.6 Å². The van der Waals surface area contributed by atoms with Gasteiger partial charge in [-0.05, 0) is 22.2 Å². The van der Waals surface area contributed by atoms with Crippen LogP contribution in [0.25, 0.3) is 21.6 Å². The van der Waals surface area contributed by atoms with Gasteiger partial charge in [0.2, 0.25) is 0 Å². The van der Waals surface area contributed by atoms with Crippen LogP contribution in [0.2, 0.25) is 0 Å². The minimum absolute atomic E-state index is 0.396. The van der Waals surface area contributed by atoms with Gasteiger partial charge in [0.25, 0.3) is 0 Å². The number of carbonyl (C=O) groups is 1. The van der Waals surface area contributed by atoms with Crippen molar-refractivity contribution in [1.29, 1.82) is 0 Å². The second kappa shape index (κ2) is 5.31. The van der Waals surface area contributed by atoms with E-state index in [1.54, 1.807) is 0 Å². The van der Waals surface area contributed by atoms with Crippen molar-refractivity contribution in [3.05, 3.63) is 70.1 Å². The summed E-state index contributed by atoms with van der Waals surface area (Å²) in [6.07, 6.45) is -0.593. The standard InChI is InChI=1S/C16H13N3O2/c1-10(20)21-16-14-9-5-3-7-12(14)11-6-2-4-8-13(11)15(16)18-19-17/h2-9,15-16H,1H3/t15-,16+/m0/s1. The van der Waals surface area contributed by atoms with E-state index in [4.69, 9.17) is 10.3 Å². The first kappa shape index (κ1) is 13.2. The summed E-state index contributed by atoms with van der Waals surface area (Å²) in [6.45, 7) is 1.36. The maximum Gasteiger partial charge on any atom is 0.303 e. The topological polar surface area (TPSA) is 75.1 Å². The van der Waals surface area contributed by atoms with Crippen LogP contribution in [0, 0.1) is 0 Å². The third-order valence-electron chi connectivity index (χ3n) is 3.59. The Balaban J connectivity index is 2.25. The fourth-order valence-corrected chi connectivity index (χ4v) is 2.81. The van der Waals surface area contributed by atoms with E-state index in [9.17, 15) is 4.79 Å². The molecule has 1 aliphatic carbocycles. The van der Waals surface area contributed by atoms with Gasteiger partial charge in [0.05, 0.1) is 0 Å². The average molecular weight is 279 g/mol. The van der Waals surface area contributed by atoms with Gasteiger partial charge in [-0.3, -0.25) is 4.79 Å². The van der Waals surface area contributed by atoms with Crippen molar-refractivity contribution in [3.63, 3.8) is 0 Å². The number of nitrogens with zero attached hydrogens (tertiary/aromatic N) is 3. The number of hydrogen-bond donors (Lipinski definition) is 0. The van der Waals surface area contributed by atoms with Crippen LogP contribution in [0.5, 0.6) is 0 Å². The smallest absolute Gasteiger partial charge is 0.303 e. The second-order valence-corrected chi connectivity index (χ2v) is 4.85. The molecule has 0 saturated carbocycles. The first-order valence-electron chi connectivity index (χ1n) is 6.62. The molecule has 2 atom stereocenters. The molecule has 0 aliphatic heterocycles. The minimum atomic E-state index is -0.593. The Morgan fingerprint density at radius 2 is 1.67 bits per heavy atom. The quantitative estimate of drug-likeness (QED) is 0.355. The molecule has 5 heteroatoms. The molecular formula is C16H13N3O2. The van der Waals surface area contributed by atoms with Crippen molar-refractivity contribution in [2.45, 2.75) is 19.1 Å². The third-order valence-corrected chi connectivity index (χ3v) is 3.59. The lowest BCUT2D eigenvalue weighted by atomic mass is 9.81. The highest BCUT2D eigenvalue weighted by Gasteiger charge is 2.34. The van der Waals surface area contributed by atoms with Crippen molar-refractivity contribution in [2.75, 3.05) is 0 Å². The molecule has 0 spiro atoms. The Labute approximate surface area is 121 Å². The number of hydrogen-bond acceptors (Lipinski definition) is 3. The van der Waals surface area contributed by atoms with E-state index >= 15 is 0 Å². The molecule has 0 amide bonds. The van der Waals surface area contributed by atoms with Gasteiger partial charge in [0.15, 0.2) is 0 Å². The van der Waals surface area contributed by atoms with Gasteiger partial charge in [-0.15, -0.1) is 0 Å². The Morgan fingerprint density at radius 3 is 2.29 bits per heavy atom. The number of benzene rings is 2. The molecule has 3 rings (SSSR count). The monoisotopic (exact) mass is 279 g/mol. The largest absolute Gasteiger partial charge is 0.457 e. The predicted octanol–water partition coefficient (Wildman–Crippen LogP) is 4.32. The summed E-state index contributed by atoms with van der Waals surface area (Å²) >= 11 is 0. The van der Waals surface area contributed by atoms with Gasteiger partial charge in [0, 0.05) is 17.4 Å². The normalized spacial score (nSPS) is 18.9. The minimum Gasteiger partial charge on any atom is -0.457 e. The molecular weight excluding hydrogens is 266 g/mol. The van der Waals surface area contributed by atoms with Crippen molar-refractivity contribution in [3.8, 4) is 11.1 Å². The summed E-state index contributed by atoms with van der Waals surface area (Å²) in [5.74, 6) is -0.396. The van der Waals surface area contributed by atoms with Gasteiger partial charge in [-0.1, -0.05) is 53.6 Å². The molecule has 0 bridgehead atoms. The van der Waals surface area contributed by atoms with Gasteiger partial charge >= 0.3 is 5.97 Å². The molecule has 5 nitrogen and oxygen atoms in total. The molecule has 0 fully saturated rings. The maximum absolute atomic E-state index is 11.4. The lowest BCUT2D eigenvalue weighted by Crippen LogP contribution is -2.20. The highest BCUT2D eigenvalue weighted by Crippen LogP contribution is 2.47. The Hall–Kier alpha value is -2.78. The lowest BCUT2D eigenvalue weighted by molar-refractivity contribution is -0.148. The van der Waals surface area contributed by atoms with Crippen LogP contribution in [0.3, 0.4) is 0 Å². The first-order chi connectivity index (χ1) is 10.2. The summed E-state index contributed by atoms with van der Waals surface area (Å²) in [5.41, 5.74) is 12.6. The van der Waals surface area contributed by atoms with Crippen molar-refractivity contribution in [2.24, 2.45) is 5.11 Å². The zero-order valence-corrected chi connectivity index (χ0v) is 11.4. The first-order valence-corrected chi connectivity index (χ1v) is 6.62. The van der Waals surface area contributed by atoms with E-state index in [1.165, 1.54) is 6.92 Å². The van der Waals surface area contributed by atoms with Crippen molar-refractivity contribution >= 4 is 5.97 Å². The van der Waals surface area contributed by atoms with E-state index in [1.807, 2.05) is 48.5 Å². The van der Waals surface area contributed by atoms with E-state index in [0.29, 0.717) is 0 Å². The Bertz CT molecular complexity index is 751. The number of rotatable bonds is 2. The molecule has 1 aliphatic rings. The second-order valence-electron chi connectivity index (χ2n) is 4.85. The predicted molar refractivity (Wildman–Crippen MR) is 78.3 cm³/mol. The number of esters is 1. The molecule has 2 aromatic rings. The molecule has 21 heavy (non-hydrogen) atoms. The third kappa shape index (κ3) is 2.24. The average Bonchev–Trinajstić information content (AvgIpc) is 2.50. The van der Waals surface area contributed by atoms with Crippen LogP contribution in [0.1, 0.15) is 30.2 Å².